The van der Waals surface area contributed by atoms with Gasteiger partial charge in [-0.1, -0.05) is 42.6 Å². The van der Waals surface area contributed by atoms with E-state index >= 15 is 0 Å². The van der Waals surface area contributed by atoms with Crippen LogP contribution in [0.3, 0.4) is 0 Å². The van der Waals surface area contributed by atoms with Crippen molar-refractivity contribution in [2.75, 3.05) is 7.11 Å². The number of halogens is 3. The van der Waals surface area contributed by atoms with Crippen molar-refractivity contribution in [2.45, 2.75) is 33.2 Å². The van der Waals surface area contributed by atoms with Crippen LogP contribution in [-0.2, 0) is 13.0 Å². The van der Waals surface area contributed by atoms with Crippen molar-refractivity contribution in [3.8, 4) is 17.0 Å². The van der Waals surface area contributed by atoms with Crippen molar-refractivity contribution in [1.29, 1.82) is 0 Å². The molecule has 158 valence electrons. The number of carbonyl (C=O) groups excluding carboxylic acids is 1. The largest absolute Gasteiger partial charge is 0.496 e. The van der Waals surface area contributed by atoms with Gasteiger partial charge in [0.25, 0.3) is 5.91 Å². The summed E-state index contributed by atoms with van der Waals surface area (Å²) in [7, 11) is 1.58. The maximum atomic E-state index is 12.9. The molecular formula is C22H21BrCl2N2O2S. The zero-order valence-electron chi connectivity index (χ0n) is 16.8. The smallest absolute Gasteiger partial charge is 0.279 e. The number of nitrogens with zero attached hydrogens (tertiary/aromatic N) is 2. The van der Waals surface area contributed by atoms with E-state index in [-0.39, 0.29) is 5.91 Å². The van der Waals surface area contributed by atoms with Crippen LogP contribution >= 0.6 is 50.5 Å². The van der Waals surface area contributed by atoms with E-state index in [0.29, 0.717) is 37.2 Å². The van der Waals surface area contributed by atoms with Gasteiger partial charge in [0.05, 0.1) is 27.3 Å². The van der Waals surface area contributed by atoms with E-state index in [1.807, 2.05) is 19.1 Å². The number of hydrogen-bond donors (Lipinski definition) is 0. The number of aryl methyl sites for hydroxylation is 1. The minimum Gasteiger partial charge on any atom is -0.496 e. The van der Waals surface area contributed by atoms with Crippen LogP contribution in [-0.4, -0.2) is 17.6 Å². The lowest BCUT2D eigenvalue weighted by Gasteiger charge is -2.10. The van der Waals surface area contributed by atoms with Crippen molar-refractivity contribution >= 4 is 56.4 Å². The first-order chi connectivity index (χ1) is 14.4. The normalized spacial score (nSPS) is 11.7. The summed E-state index contributed by atoms with van der Waals surface area (Å²) in [5.41, 5.74) is 2.49. The molecule has 1 heterocycles. The number of aromatic nitrogens is 1. The van der Waals surface area contributed by atoms with Crippen molar-refractivity contribution in [3.63, 3.8) is 0 Å². The van der Waals surface area contributed by atoms with Crippen LogP contribution in [0.4, 0.5) is 0 Å². The van der Waals surface area contributed by atoms with E-state index in [2.05, 4.69) is 32.4 Å². The minimum absolute atomic E-state index is 0.300. The van der Waals surface area contributed by atoms with Crippen molar-refractivity contribution < 1.29 is 9.53 Å². The molecule has 1 aromatic heterocycles. The Kier molecular flexibility index (Phi) is 7.80. The van der Waals surface area contributed by atoms with Gasteiger partial charge in [0.1, 0.15) is 5.75 Å². The molecule has 0 aliphatic carbocycles. The summed E-state index contributed by atoms with van der Waals surface area (Å²) in [6.45, 7) is 4.84. The molecule has 0 saturated carbocycles. The van der Waals surface area contributed by atoms with Gasteiger partial charge in [-0.3, -0.25) is 4.79 Å². The maximum absolute atomic E-state index is 12.9. The minimum atomic E-state index is -0.300. The summed E-state index contributed by atoms with van der Waals surface area (Å²) in [6, 6.07) is 10.8. The second-order valence-electron chi connectivity index (χ2n) is 6.55. The average Bonchev–Trinajstić information content (AvgIpc) is 3.07. The average molecular weight is 528 g/mol. The van der Waals surface area contributed by atoms with Gasteiger partial charge in [-0.05, 0) is 59.6 Å². The first-order valence-corrected chi connectivity index (χ1v) is 11.9. The summed E-state index contributed by atoms with van der Waals surface area (Å²) >= 11 is 17.3. The van der Waals surface area contributed by atoms with E-state index in [9.17, 15) is 4.79 Å². The molecule has 0 bridgehead atoms. The molecule has 4 nitrogen and oxygen atoms in total. The first kappa shape index (κ1) is 23.1. The van der Waals surface area contributed by atoms with Crippen LogP contribution in [0, 0.1) is 0 Å². The zero-order valence-corrected chi connectivity index (χ0v) is 20.8. The Balaban J connectivity index is 2.14. The summed E-state index contributed by atoms with van der Waals surface area (Å²) in [6.07, 6.45) is 1.87. The topological polar surface area (TPSA) is 43.6 Å². The number of thiazole rings is 1. The third-order valence-corrected chi connectivity index (χ3v) is 7.06. The van der Waals surface area contributed by atoms with Crippen molar-refractivity contribution in [2.24, 2.45) is 4.99 Å². The van der Waals surface area contributed by atoms with Crippen LogP contribution < -0.4 is 9.54 Å². The molecule has 2 aromatic carbocycles. The Bertz CT molecular complexity index is 1150. The van der Waals surface area contributed by atoms with Gasteiger partial charge in [0.2, 0.25) is 0 Å². The van der Waals surface area contributed by atoms with Crippen LogP contribution in [0.25, 0.3) is 11.3 Å². The molecule has 30 heavy (non-hydrogen) atoms. The molecule has 8 heteroatoms. The number of carbonyl (C=O) groups is 1. The van der Waals surface area contributed by atoms with E-state index in [4.69, 9.17) is 27.9 Å². The molecule has 0 spiro atoms. The molecule has 0 aliphatic heterocycles. The standard InChI is InChI=1S/C22H21BrCl2N2O2S/c1-4-6-19-20(13-7-9-16(24)17(25)12-13)27(5-2)22(30-19)26-21(28)14-8-10-18(29-3)15(23)11-14/h7-12H,4-6H2,1-3H3. The Morgan fingerprint density at radius 3 is 2.53 bits per heavy atom. The van der Waals surface area contributed by atoms with Gasteiger partial charge in [-0.2, -0.15) is 4.99 Å². The molecule has 3 aromatic rings. The van der Waals surface area contributed by atoms with Gasteiger partial charge in [0, 0.05) is 22.5 Å². The van der Waals surface area contributed by atoms with Crippen molar-refractivity contribution in [1.82, 2.24) is 4.57 Å². The third kappa shape index (κ3) is 4.83. The highest BCUT2D eigenvalue weighted by Gasteiger charge is 2.17. The van der Waals surface area contributed by atoms with E-state index in [1.165, 1.54) is 16.2 Å². The number of methoxy groups -OCH3 is 1. The quantitative estimate of drug-likeness (QED) is 0.346. The number of hydrogen-bond acceptors (Lipinski definition) is 3. The van der Waals surface area contributed by atoms with Gasteiger partial charge in [-0.15, -0.1) is 11.3 Å². The van der Waals surface area contributed by atoms with Crippen LogP contribution in [0.2, 0.25) is 10.0 Å². The second kappa shape index (κ2) is 10.1. The van der Waals surface area contributed by atoms with E-state index < -0.39 is 0 Å². The number of amides is 1. The second-order valence-corrected chi connectivity index (χ2v) is 9.28. The Labute approximate surface area is 198 Å². The number of benzene rings is 2. The molecule has 0 unspecified atom stereocenters. The molecular weight excluding hydrogens is 507 g/mol. The zero-order chi connectivity index (χ0) is 21.8. The Morgan fingerprint density at radius 1 is 1.17 bits per heavy atom. The number of rotatable bonds is 6. The summed E-state index contributed by atoms with van der Waals surface area (Å²) in [4.78, 5) is 19.2. The van der Waals surface area contributed by atoms with Crippen molar-refractivity contribution in [3.05, 3.63) is 66.2 Å². The molecule has 0 saturated heterocycles. The molecule has 0 radical (unpaired) electrons. The SMILES string of the molecule is CCCc1sc(=NC(=O)c2ccc(OC)c(Br)c2)n(CC)c1-c1ccc(Cl)c(Cl)c1. The highest BCUT2D eigenvalue weighted by atomic mass is 79.9. The van der Waals surface area contributed by atoms with Crippen LogP contribution in [0.5, 0.6) is 5.75 Å². The van der Waals surface area contributed by atoms with Crippen LogP contribution in [0.15, 0.2) is 45.9 Å². The maximum Gasteiger partial charge on any atom is 0.279 e. The molecule has 0 N–H and O–H groups in total. The Hall–Kier alpha value is -1.60. The predicted octanol–water partition coefficient (Wildman–Crippen LogP) is 7.01. The van der Waals surface area contributed by atoms with Gasteiger partial charge in [0.15, 0.2) is 4.80 Å². The molecule has 0 fully saturated rings. The highest BCUT2D eigenvalue weighted by molar-refractivity contribution is 9.10. The molecule has 3 rings (SSSR count). The third-order valence-electron chi connectivity index (χ3n) is 4.56. The highest BCUT2D eigenvalue weighted by Crippen LogP contribution is 2.32. The summed E-state index contributed by atoms with van der Waals surface area (Å²) in [5.74, 6) is 0.365. The van der Waals surface area contributed by atoms with Gasteiger partial charge >= 0.3 is 0 Å². The first-order valence-electron chi connectivity index (χ1n) is 9.50. The lowest BCUT2D eigenvalue weighted by molar-refractivity contribution is 0.0997. The Morgan fingerprint density at radius 2 is 1.93 bits per heavy atom. The fraction of sp³-hybridized carbons (Fsp3) is 0.273. The fourth-order valence-electron chi connectivity index (χ4n) is 3.14. The van der Waals surface area contributed by atoms with Gasteiger partial charge in [-0.25, -0.2) is 0 Å². The van der Waals surface area contributed by atoms with E-state index in [0.717, 1.165) is 24.1 Å². The van der Waals surface area contributed by atoms with E-state index in [1.54, 1.807) is 31.4 Å². The molecule has 0 aliphatic rings. The summed E-state index contributed by atoms with van der Waals surface area (Å²) < 4.78 is 8.01. The van der Waals surface area contributed by atoms with Crippen LogP contribution in [0.1, 0.15) is 35.5 Å². The molecule has 0 atom stereocenters. The van der Waals surface area contributed by atoms with Gasteiger partial charge < -0.3 is 9.30 Å². The number of ether oxygens (including phenoxy) is 1. The summed E-state index contributed by atoms with van der Waals surface area (Å²) in [5, 5.41) is 1.02. The monoisotopic (exact) mass is 526 g/mol. The lowest BCUT2D eigenvalue weighted by atomic mass is 10.1. The predicted molar refractivity (Wildman–Crippen MR) is 128 cm³/mol. The lowest BCUT2D eigenvalue weighted by Crippen LogP contribution is -2.17. The molecule has 1 amide bonds. The fourth-order valence-corrected chi connectivity index (χ4v) is 5.29.